The molecule has 3 N–H and O–H groups in total. The second-order valence-electron chi connectivity index (χ2n) is 3.88. The Morgan fingerprint density at radius 2 is 1.76 bits per heavy atom. The van der Waals surface area contributed by atoms with Crippen LogP contribution >= 0.6 is 0 Å². The van der Waals surface area contributed by atoms with Gasteiger partial charge in [0.05, 0.1) is 7.11 Å². The minimum absolute atomic E-state index is 0.331. The van der Waals surface area contributed by atoms with Crippen LogP contribution in [0, 0.1) is 0 Å². The van der Waals surface area contributed by atoms with Gasteiger partial charge in [0.1, 0.15) is 0 Å². The van der Waals surface area contributed by atoms with E-state index in [0.717, 1.165) is 5.69 Å². The van der Waals surface area contributed by atoms with Crippen LogP contribution in [0.4, 0.5) is 5.69 Å². The summed E-state index contributed by atoms with van der Waals surface area (Å²) in [6.45, 7) is 0. The number of Topliss-reactive ketones (excluding diaryl/α,β-unsaturated/α-hetero) is 1. The van der Waals surface area contributed by atoms with Crippen molar-refractivity contribution in [2.24, 2.45) is 0 Å². The van der Waals surface area contributed by atoms with Crippen LogP contribution in [0.15, 0.2) is 24.3 Å². The molecular weight excluding hydrogens is 220 g/mol. The Morgan fingerprint density at radius 1 is 1.24 bits per heavy atom. The highest BCUT2D eigenvalue weighted by Gasteiger charge is 2.27. The third-order valence-electron chi connectivity index (χ3n) is 2.47. The number of ketones is 1. The zero-order valence-electron chi connectivity index (χ0n) is 10.3. The summed E-state index contributed by atoms with van der Waals surface area (Å²) in [5, 5.41) is 0. The highest BCUT2D eigenvalue weighted by atomic mass is 16.5. The molecule has 1 atom stereocenters. The van der Waals surface area contributed by atoms with Gasteiger partial charge in [-0.25, -0.2) is 4.79 Å². The first-order valence-corrected chi connectivity index (χ1v) is 5.20. The smallest absolute Gasteiger partial charge is 0.373 e. The molecule has 17 heavy (non-hydrogen) atoms. The van der Waals surface area contributed by atoms with Gasteiger partial charge in [0, 0.05) is 25.3 Å². The lowest BCUT2D eigenvalue weighted by Gasteiger charge is -2.12. The summed E-state index contributed by atoms with van der Waals surface area (Å²) < 4.78 is 4.49. The largest absolute Gasteiger partial charge is 0.464 e. The second-order valence-corrected chi connectivity index (χ2v) is 3.88. The Morgan fingerprint density at radius 3 is 2.18 bits per heavy atom. The van der Waals surface area contributed by atoms with Crippen molar-refractivity contribution in [1.29, 1.82) is 0 Å². The minimum atomic E-state index is -1.01. The monoisotopic (exact) mass is 237 g/mol. The van der Waals surface area contributed by atoms with E-state index < -0.39 is 12.0 Å². The number of esters is 1. The fraction of sp³-hybridized carbons (Fsp3) is 0.333. The predicted octanol–water partition coefficient (Wildman–Crippen LogP) is -0.281. The Balaban J connectivity index is 2.86. The first kappa shape index (κ1) is 13.2. The minimum Gasteiger partial charge on any atom is -0.464 e. The summed E-state index contributed by atoms with van der Waals surface area (Å²) in [6.07, 6.45) is 0. The van der Waals surface area contributed by atoms with E-state index >= 15 is 0 Å². The van der Waals surface area contributed by atoms with Crippen molar-refractivity contribution in [2.45, 2.75) is 6.04 Å². The van der Waals surface area contributed by atoms with E-state index in [1.165, 1.54) is 7.11 Å². The van der Waals surface area contributed by atoms with E-state index in [2.05, 4.69) is 10.5 Å². The number of carbonyl (C=O) groups is 2. The van der Waals surface area contributed by atoms with Crippen LogP contribution in [0.1, 0.15) is 10.4 Å². The molecule has 0 spiro atoms. The summed E-state index contributed by atoms with van der Waals surface area (Å²) in [6, 6.07) is 5.98. The Hall–Kier alpha value is -1.88. The van der Waals surface area contributed by atoms with Crippen LogP contribution in [0.2, 0.25) is 0 Å². The molecule has 0 fully saturated rings. The molecule has 0 saturated carbocycles. The zero-order chi connectivity index (χ0) is 13.0. The third-order valence-corrected chi connectivity index (χ3v) is 2.47. The number of ether oxygens (including phenoxy) is 1. The number of carbonyl (C=O) groups excluding carboxylic acids is 2. The van der Waals surface area contributed by atoms with E-state index in [4.69, 9.17) is 0 Å². The maximum atomic E-state index is 11.8. The third kappa shape index (κ3) is 3.04. The first-order valence-electron chi connectivity index (χ1n) is 5.20. The van der Waals surface area contributed by atoms with Gasteiger partial charge in [-0.15, -0.1) is 0 Å². The number of anilines is 1. The molecule has 1 unspecified atom stereocenters. The van der Waals surface area contributed by atoms with E-state index in [1.807, 2.05) is 31.1 Å². The molecule has 0 aliphatic rings. The van der Waals surface area contributed by atoms with E-state index in [-0.39, 0.29) is 5.78 Å². The summed E-state index contributed by atoms with van der Waals surface area (Å²) in [5.74, 6) is -0.950. The maximum Gasteiger partial charge on any atom is 0.373 e. The fourth-order valence-corrected chi connectivity index (χ4v) is 1.37. The van der Waals surface area contributed by atoms with Crippen LogP contribution in [-0.4, -0.2) is 39.0 Å². The number of nitrogens with zero attached hydrogens (tertiary/aromatic N) is 1. The number of quaternary nitrogens is 1. The fourth-order valence-electron chi connectivity index (χ4n) is 1.37. The zero-order valence-corrected chi connectivity index (χ0v) is 10.3. The van der Waals surface area contributed by atoms with Crippen molar-refractivity contribution >= 4 is 17.4 Å². The average molecular weight is 237 g/mol. The van der Waals surface area contributed by atoms with Gasteiger partial charge >= 0.3 is 5.97 Å². The van der Waals surface area contributed by atoms with Crippen LogP contribution < -0.4 is 10.6 Å². The SMILES string of the molecule is COC(=O)C([NH3+])C(=O)c1ccc(N(C)C)cc1. The molecule has 0 aliphatic carbocycles. The normalized spacial score (nSPS) is 11.8. The summed E-state index contributed by atoms with van der Waals surface area (Å²) in [7, 11) is 5.06. The molecule has 1 aromatic carbocycles. The van der Waals surface area contributed by atoms with Crippen molar-refractivity contribution in [3.05, 3.63) is 29.8 Å². The van der Waals surface area contributed by atoms with E-state index in [1.54, 1.807) is 12.1 Å². The lowest BCUT2D eigenvalue weighted by atomic mass is 10.0. The second kappa shape index (κ2) is 5.45. The molecule has 0 aliphatic heterocycles. The lowest BCUT2D eigenvalue weighted by molar-refractivity contribution is -0.388. The highest BCUT2D eigenvalue weighted by molar-refractivity contribution is 6.10. The molecule has 1 aromatic rings. The Bertz CT molecular complexity index is 412. The van der Waals surface area contributed by atoms with Crippen molar-refractivity contribution in [3.8, 4) is 0 Å². The van der Waals surface area contributed by atoms with E-state index in [0.29, 0.717) is 5.56 Å². The van der Waals surface area contributed by atoms with Gasteiger partial charge in [0.15, 0.2) is 0 Å². The van der Waals surface area contributed by atoms with Crippen molar-refractivity contribution in [1.82, 2.24) is 0 Å². The number of hydrogen-bond acceptors (Lipinski definition) is 4. The molecule has 5 nitrogen and oxygen atoms in total. The predicted molar refractivity (Wildman–Crippen MR) is 63.8 cm³/mol. The molecule has 0 aromatic heterocycles. The quantitative estimate of drug-likeness (QED) is 0.444. The number of benzene rings is 1. The van der Waals surface area contributed by atoms with Crippen LogP contribution in [0.3, 0.4) is 0 Å². The first-order chi connectivity index (χ1) is 7.97. The molecule has 0 heterocycles. The van der Waals surface area contributed by atoms with Crippen LogP contribution in [0.5, 0.6) is 0 Å². The van der Waals surface area contributed by atoms with Gasteiger partial charge in [-0.05, 0) is 24.3 Å². The van der Waals surface area contributed by atoms with Gasteiger partial charge in [-0.2, -0.15) is 0 Å². The maximum absolute atomic E-state index is 11.8. The summed E-state index contributed by atoms with van der Waals surface area (Å²) >= 11 is 0. The Kier molecular flexibility index (Phi) is 4.23. The molecule has 1 rings (SSSR count). The topological polar surface area (TPSA) is 74.2 Å². The highest BCUT2D eigenvalue weighted by Crippen LogP contribution is 2.13. The van der Waals surface area contributed by atoms with Crippen LogP contribution in [0.25, 0.3) is 0 Å². The molecule has 0 bridgehead atoms. The molecule has 92 valence electrons. The molecule has 0 saturated heterocycles. The standard InChI is InChI=1S/C12H16N2O3/c1-14(2)9-6-4-8(5-7-9)11(15)10(13)12(16)17-3/h4-7,10H,13H2,1-3H3/p+1. The average Bonchev–Trinajstić information content (AvgIpc) is 2.36. The summed E-state index contributed by atoms with van der Waals surface area (Å²) in [4.78, 5) is 25.0. The van der Waals surface area contributed by atoms with E-state index in [9.17, 15) is 9.59 Å². The van der Waals surface area contributed by atoms with Gasteiger partial charge in [0.25, 0.3) is 0 Å². The van der Waals surface area contributed by atoms with Crippen molar-refractivity contribution in [3.63, 3.8) is 0 Å². The van der Waals surface area contributed by atoms with Crippen LogP contribution in [-0.2, 0) is 9.53 Å². The Labute approximate surface area is 100 Å². The van der Waals surface area contributed by atoms with Crippen molar-refractivity contribution < 1.29 is 20.1 Å². The summed E-state index contributed by atoms with van der Waals surface area (Å²) in [5.41, 5.74) is 4.95. The van der Waals surface area contributed by atoms with Gasteiger partial charge in [-0.3, -0.25) is 4.79 Å². The molecule has 0 amide bonds. The van der Waals surface area contributed by atoms with Crippen molar-refractivity contribution in [2.75, 3.05) is 26.1 Å². The lowest BCUT2D eigenvalue weighted by Crippen LogP contribution is -2.69. The number of rotatable bonds is 4. The van der Waals surface area contributed by atoms with Gasteiger partial charge < -0.3 is 15.4 Å². The molecular formula is C12H17N2O3+. The van der Waals surface area contributed by atoms with Gasteiger partial charge in [-0.1, -0.05) is 0 Å². The van der Waals surface area contributed by atoms with Gasteiger partial charge in [0.2, 0.25) is 11.8 Å². The number of hydrogen-bond donors (Lipinski definition) is 1. The molecule has 5 heteroatoms. The molecule has 0 radical (unpaired) electrons. The number of methoxy groups -OCH3 is 1.